The number of piperidine rings is 1. The van der Waals surface area contributed by atoms with Crippen LogP contribution in [-0.4, -0.2) is 60.3 Å². The third kappa shape index (κ3) is 3.64. The number of sulfonamides is 1. The Labute approximate surface area is 167 Å². The molecule has 0 aromatic carbocycles. The summed E-state index contributed by atoms with van der Waals surface area (Å²) >= 11 is 0. The number of hydrogen-bond acceptors (Lipinski definition) is 4. The van der Waals surface area contributed by atoms with Crippen LogP contribution in [-0.2, 0) is 17.1 Å². The Morgan fingerprint density at radius 1 is 1.15 bits per heavy atom. The largest absolute Gasteiger partial charge is 0.345 e. The van der Waals surface area contributed by atoms with E-state index in [9.17, 15) is 13.2 Å². The molecule has 1 aliphatic carbocycles. The van der Waals surface area contributed by atoms with E-state index in [1.54, 1.807) is 28.2 Å². The molecular weight excluding hydrogens is 388 g/mol. The monoisotopic (exact) mass is 416 g/mol. The number of nitrogens with two attached hydrogens (primary N) is 1. The van der Waals surface area contributed by atoms with E-state index in [0.717, 1.165) is 38.6 Å². The number of halogens is 1. The standard InChI is InChI=1S/C18H28N4O3S.ClH/c1-20-11-14(26(24,25)22-7-3-2-4-8-22)9-17(20)18(23)21-10-13-5-6-16(19)15(13)12-21;/h9,11,13,15-16H,2-8,10,12,19H2,1H3;1H. The number of fused-ring (bicyclic) bond motifs is 1. The highest BCUT2D eigenvalue weighted by Gasteiger charge is 2.43. The van der Waals surface area contributed by atoms with Gasteiger partial charge in [-0.05, 0) is 43.6 Å². The maximum absolute atomic E-state index is 13.0. The lowest BCUT2D eigenvalue weighted by molar-refractivity contribution is 0.0770. The van der Waals surface area contributed by atoms with Crippen LogP contribution < -0.4 is 5.73 Å². The molecule has 2 saturated heterocycles. The molecule has 3 unspecified atom stereocenters. The zero-order valence-corrected chi connectivity index (χ0v) is 17.3. The summed E-state index contributed by atoms with van der Waals surface area (Å²) in [4.78, 5) is 15.0. The van der Waals surface area contributed by atoms with E-state index in [4.69, 9.17) is 5.73 Å². The number of likely N-dealkylation sites (tertiary alicyclic amines) is 1. The van der Waals surface area contributed by atoms with Crippen LogP contribution in [0.4, 0.5) is 0 Å². The van der Waals surface area contributed by atoms with Gasteiger partial charge in [-0.25, -0.2) is 8.42 Å². The van der Waals surface area contributed by atoms with Crippen LogP contribution in [0.5, 0.6) is 0 Å². The van der Waals surface area contributed by atoms with Gasteiger partial charge in [-0.1, -0.05) is 6.42 Å². The van der Waals surface area contributed by atoms with Crippen molar-refractivity contribution in [2.24, 2.45) is 24.6 Å². The summed E-state index contributed by atoms with van der Waals surface area (Å²) in [5, 5.41) is 0. The van der Waals surface area contributed by atoms with E-state index in [1.165, 1.54) is 0 Å². The first-order chi connectivity index (χ1) is 12.4. The number of aromatic nitrogens is 1. The Morgan fingerprint density at radius 2 is 1.85 bits per heavy atom. The Balaban J connectivity index is 0.00000210. The van der Waals surface area contributed by atoms with Gasteiger partial charge in [-0.2, -0.15) is 4.31 Å². The van der Waals surface area contributed by atoms with Crippen molar-refractivity contribution >= 4 is 28.3 Å². The number of rotatable bonds is 3. The van der Waals surface area contributed by atoms with Crippen molar-refractivity contribution in [1.29, 1.82) is 0 Å². The predicted molar refractivity (Wildman–Crippen MR) is 105 cm³/mol. The molecule has 0 spiro atoms. The van der Waals surface area contributed by atoms with Gasteiger partial charge >= 0.3 is 0 Å². The first kappa shape index (κ1) is 20.6. The van der Waals surface area contributed by atoms with Gasteiger partial charge in [-0.3, -0.25) is 4.79 Å². The first-order valence-corrected chi connectivity index (χ1v) is 11.0. The maximum atomic E-state index is 13.0. The number of carbonyl (C=O) groups excluding carboxylic acids is 1. The van der Waals surface area contributed by atoms with Crippen LogP contribution in [0.2, 0.25) is 0 Å². The molecule has 9 heteroatoms. The van der Waals surface area contributed by atoms with E-state index < -0.39 is 10.0 Å². The SMILES string of the molecule is Cl.Cn1cc(S(=O)(=O)N2CCCCC2)cc1C(=O)N1CC2CCC(N)C2C1. The molecule has 0 bridgehead atoms. The van der Waals surface area contributed by atoms with Gasteiger partial charge in [-0.15, -0.1) is 12.4 Å². The van der Waals surface area contributed by atoms with Gasteiger partial charge in [0.2, 0.25) is 10.0 Å². The number of hydrogen-bond donors (Lipinski definition) is 1. The number of nitrogens with zero attached hydrogens (tertiary/aromatic N) is 3. The molecular formula is C18H29ClN4O3S. The molecule has 4 rings (SSSR count). The van der Waals surface area contributed by atoms with Crippen molar-refractivity contribution in [3.63, 3.8) is 0 Å². The number of amides is 1. The Morgan fingerprint density at radius 3 is 2.52 bits per heavy atom. The first-order valence-electron chi connectivity index (χ1n) is 9.59. The molecule has 2 aliphatic heterocycles. The molecule has 1 amide bonds. The minimum atomic E-state index is -3.52. The van der Waals surface area contributed by atoms with Crippen molar-refractivity contribution in [2.45, 2.75) is 43.0 Å². The van der Waals surface area contributed by atoms with E-state index in [1.807, 2.05) is 4.90 Å². The van der Waals surface area contributed by atoms with Gasteiger partial charge in [0.15, 0.2) is 0 Å². The van der Waals surface area contributed by atoms with Crippen molar-refractivity contribution in [1.82, 2.24) is 13.8 Å². The molecule has 7 nitrogen and oxygen atoms in total. The highest BCUT2D eigenvalue weighted by atomic mass is 35.5. The molecule has 3 aliphatic rings. The van der Waals surface area contributed by atoms with Crippen molar-refractivity contribution < 1.29 is 13.2 Å². The van der Waals surface area contributed by atoms with Gasteiger partial charge in [0, 0.05) is 45.5 Å². The van der Waals surface area contributed by atoms with Crippen LogP contribution in [0, 0.1) is 11.8 Å². The zero-order chi connectivity index (χ0) is 18.5. The summed E-state index contributed by atoms with van der Waals surface area (Å²) in [6.45, 7) is 2.54. The predicted octanol–water partition coefficient (Wildman–Crippen LogP) is 1.43. The third-order valence-electron chi connectivity index (χ3n) is 6.35. The summed E-state index contributed by atoms with van der Waals surface area (Å²) in [5.41, 5.74) is 6.61. The van der Waals surface area contributed by atoms with E-state index in [-0.39, 0.29) is 29.3 Å². The molecule has 1 aromatic rings. The van der Waals surface area contributed by atoms with Crippen LogP contribution in [0.25, 0.3) is 0 Å². The van der Waals surface area contributed by atoms with Crippen LogP contribution in [0.1, 0.15) is 42.6 Å². The number of carbonyl (C=O) groups is 1. The Hall–Kier alpha value is -1.09. The summed E-state index contributed by atoms with van der Waals surface area (Å²) < 4.78 is 28.9. The van der Waals surface area contributed by atoms with Gasteiger partial charge in [0.1, 0.15) is 10.6 Å². The molecule has 27 heavy (non-hydrogen) atoms. The average Bonchev–Trinajstić information content (AvgIpc) is 3.31. The topological polar surface area (TPSA) is 88.6 Å². The molecule has 2 N–H and O–H groups in total. The lowest BCUT2D eigenvalue weighted by Gasteiger charge is -2.25. The molecule has 152 valence electrons. The van der Waals surface area contributed by atoms with Gasteiger partial charge in [0.05, 0.1) is 0 Å². The second kappa shape index (κ2) is 7.73. The van der Waals surface area contributed by atoms with Crippen LogP contribution in [0.15, 0.2) is 17.2 Å². The highest BCUT2D eigenvalue weighted by molar-refractivity contribution is 7.89. The lowest BCUT2D eigenvalue weighted by atomic mass is 9.98. The quantitative estimate of drug-likeness (QED) is 0.807. The summed E-state index contributed by atoms with van der Waals surface area (Å²) in [6, 6.07) is 1.72. The summed E-state index contributed by atoms with van der Waals surface area (Å²) in [7, 11) is -1.78. The lowest BCUT2D eigenvalue weighted by Crippen LogP contribution is -2.35. The van der Waals surface area contributed by atoms with Crippen molar-refractivity contribution in [3.8, 4) is 0 Å². The molecule has 3 atom stereocenters. The number of aryl methyl sites for hydroxylation is 1. The minimum absolute atomic E-state index is 0. The Bertz CT molecular complexity index is 804. The smallest absolute Gasteiger partial charge is 0.270 e. The fourth-order valence-electron chi connectivity index (χ4n) is 4.78. The molecule has 0 radical (unpaired) electrons. The van der Waals surface area contributed by atoms with Crippen LogP contribution >= 0.6 is 12.4 Å². The average molecular weight is 417 g/mol. The van der Waals surface area contributed by atoms with Gasteiger partial charge in [0.25, 0.3) is 5.91 Å². The molecule has 1 aromatic heterocycles. The third-order valence-corrected chi connectivity index (χ3v) is 8.22. The molecule has 1 saturated carbocycles. The van der Waals surface area contributed by atoms with Crippen LogP contribution in [0.3, 0.4) is 0 Å². The fraction of sp³-hybridized carbons (Fsp3) is 0.722. The summed E-state index contributed by atoms with van der Waals surface area (Å²) in [6.07, 6.45) is 6.56. The maximum Gasteiger partial charge on any atom is 0.270 e. The van der Waals surface area contributed by atoms with E-state index >= 15 is 0 Å². The minimum Gasteiger partial charge on any atom is -0.345 e. The highest BCUT2D eigenvalue weighted by Crippen LogP contribution is 2.37. The zero-order valence-electron chi connectivity index (χ0n) is 15.7. The second-order valence-electron chi connectivity index (χ2n) is 8.01. The molecule has 3 heterocycles. The normalized spacial score (nSPS) is 28.8. The fourth-order valence-corrected chi connectivity index (χ4v) is 6.37. The van der Waals surface area contributed by atoms with Crippen molar-refractivity contribution in [3.05, 3.63) is 18.0 Å². The van der Waals surface area contributed by atoms with E-state index in [0.29, 0.717) is 37.2 Å². The molecule has 3 fully saturated rings. The van der Waals surface area contributed by atoms with Gasteiger partial charge < -0.3 is 15.2 Å². The summed E-state index contributed by atoms with van der Waals surface area (Å²) in [5.74, 6) is 0.788. The van der Waals surface area contributed by atoms with Crippen molar-refractivity contribution in [2.75, 3.05) is 26.2 Å². The second-order valence-corrected chi connectivity index (χ2v) is 9.95. The van der Waals surface area contributed by atoms with E-state index in [2.05, 4.69) is 0 Å². The Kier molecular flexibility index (Phi) is 5.91.